The van der Waals surface area contributed by atoms with Crippen molar-refractivity contribution in [2.45, 2.75) is 33.6 Å². The van der Waals surface area contributed by atoms with Crippen molar-refractivity contribution in [3.63, 3.8) is 0 Å². The van der Waals surface area contributed by atoms with Crippen LogP contribution in [0.3, 0.4) is 0 Å². The number of amides is 1. The average Bonchev–Trinajstić information content (AvgIpc) is 2.59. The van der Waals surface area contributed by atoms with Gasteiger partial charge in [-0.05, 0) is 51.3 Å². The average molecular weight is 355 g/mol. The van der Waals surface area contributed by atoms with Crippen LogP contribution in [0.5, 0.6) is 11.5 Å². The number of carbonyl (C=O) groups excluding carboxylic acids is 1. The first-order valence-corrected chi connectivity index (χ1v) is 8.71. The number of phenolic OH excluding ortho intramolecular Hbond substituents is 1. The summed E-state index contributed by atoms with van der Waals surface area (Å²) in [5.74, 6) is 0.385. The van der Waals surface area contributed by atoms with Gasteiger partial charge >= 0.3 is 0 Å². The SMILES string of the molecule is COc1cc(C=CC=CC(=O)NC/C=C(\C)CCC=C(C)C)ccc1O. The molecule has 0 atom stereocenters. The number of rotatable bonds is 9. The normalized spacial score (nSPS) is 11.8. The minimum atomic E-state index is -0.133. The highest BCUT2D eigenvalue weighted by atomic mass is 16.5. The number of ether oxygens (including phenoxy) is 1. The first-order valence-electron chi connectivity index (χ1n) is 8.71. The van der Waals surface area contributed by atoms with E-state index in [9.17, 15) is 9.90 Å². The van der Waals surface area contributed by atoms with E-state index in [0.717, 1.165) is 18.4 Å². The largest absolute Gasteiger partial charge is 0.504 e. The highest BCUT2D eigenvalue weighted by molar-refractivity contribution is 5.88. The molecule has 0 saturated carbocycles. The van der Waals surface area contributed by atoms with Gasteiger partial charge in [-0.15, -0.1) is 0 Å². The number of hydrogen-bond acceptors (Lipinski definition) is 3. The number of carbonyl (C=O) groups is 1. The van der Waals surface area contributed by atoms with Crippen molar-refractivity contribution in [3.05, 3.63) is 65.3 Å². The highest BCUT2D eigenvalue weighted by Gasteiger charge is 1.99. The van der Waals surface area contributed by atoms with Gasteiger partial charge in [-0.3, -0.25) is 4.79 Å². The van der Waals surface area contributed by atoms with Crippen molar-refractivity contribution in [3.8, 4) is 11.5 Å². The van der Waals surface area contributed by atoms with Crippen LogP contribution in [0.1, 0.15) is 39.2 Å². The predicted octanol–water partition coefficient (Wildman–Crippen LogP) is 4.78. The third-order valence-electron chi connectivity index (χ3n) is 3.67. The van der Waals surface area contributed by atoms with E-state index in [2.05, 4.69) is 32.2 Å². The van der Waals surface area contributed by atoms with Crippen LogP contribution in [0.15, 0.2) is 59.7 Å². The summed E-state index contributed by atoms with van der Waals surface area (Å²) < 4.78 is 5.06. The monoisotopic (exact) mass is 355 g/mol. The summed E-state index contributed by atoms with van der Waals surface area (Å²) in [6, 6.07) is 5.06. The number of aromatic hydroxyl groups is 1. The van der Waals surface area contributed by atoms with Crippen LogP contribution in [0.4, 0.5) is 0 Å². The van der Waals surface area contributed by atoms with Gasteiger partial charge in [0.15, 0.2) is 11.5 Å². The van der Waals surface area contributed by atoms with E-state index in [1.165, 1.54) is 24.3 Å². The van der Waals surface area contributed by atoms with Crippen LogP contribution in [-0.2, 0) is 4.79 Å². The fraction of sp³-hybridized carbons (Fsp3) is 0.318. The number of phenols is 1. The Bertz CT molecular complexity index is 708. The Balaban J connectivity index is 2.39. The van der Waals surface area contributed by atoms with Crippen LogP contribution in [0, 0.1) is 0 Å². The second-order valence-electron chi connectivity index (χ2n) is 6.27. The molecular formula is C22H29NO3. The van der Waals surface area contributed by atoms with E-state index in [-0.39, 0.29) is 11.7 Å². The van der Waals surface area contributed by atoms with Crippen LogP contribution < -0.4 is 10.1 Å². The summed E-state index contributed by atoms with van der Waals surface area (Å²) in [6.45, 7) is 6.80. The third-order valence-corrected chi connectivity index (χ3v) is 3.67. The molecule has 0 heterocycles. The molecule has 0 aliphatic heterocycles. The number of methoxy groups -OCH3 is 1. The van der Waals surface area contributed by atoms with E-state index in [4.69, 9.17) is 4.74 Å². The van der Waals surface area contributed by atoms with Gasteiger partial charge in [0.2, 0.25) is 5.91 Å². The van der Waals surface area contributed by atoms with Gasteiger partial charge in [0.05, 0.1) is 7.11 Å². The molecule has 0 spiro atoms. The van der Waals surface area contributed by atoms with Crippen LogP contribution in [0.2, 0.25) is 0 Å². The molecule has 0 unspecified atom stereocenters. The van der Waals surface area contributed by atoms with Crippen LogP contribution in [-0.4, -0.2) is 24.7 Å². The minimum Gasteiger partial charge on any atom is -0.504 e. The lowest BCUT2D eigenvalue weighted by molar-refractivity contribution is -0.116. The second kappa shape index (κ2) is 11.7. The highest BCUT2D eigenvalue weighted by Crippen LogP contribution is 2.26. The second-order valence-corrected chi connectivity index (χ2v) is 6.27. The maximum atomic E-state index is 11.8. The molecular weight excluding hydrogens is 326 g/mol. The van der Waals surface area contributed by atoms with Crippen LogP contribution in [0.25, 0.3) is 6.08 Å². The number of nitrogens with one attached hydrogen (secondary N) is 1. The molecule has 1 aromatic rings. The fourth-order valence-electron chi connectivity index (χ4n) is 2.18. The molecule has 0 saturated heterocycles. The Hall–Kier alpha value is -2.75. The summed E-state index contributed by atoms with van der Waals surface area (Å²) >= 11 is 0. The van der Waals surface area contributed by atoms with Crippen molar-refractivity contribution in [2.75, 3.05) is 13.7 Å². The van der Waals surface area contributed by atoms with E-state index >= 15 is 0 Å². The zero-order valence-electron chi connectivity index (χ0n) is 16.1. The maximum absolute atomic E-state index is 11.8. The van der Waals surface area contributed by atoms with Crippen molar-refractivity contribution in [2.24, 2.45) is 0 Å². The van der Waals surface area contributed by atoms with Gasteiger partial charge in [0, 0.05) is 12.6 Å². The van der Waals surface area contributed by atoms with Gasteiger partial charge in [-0.2, -0.15) is 0 Å². The molecule has 0 radical (unpaired) electrons. The molecule has 26 heavy (non-hydrogen) atoms. The van der Waals surface area contributed by atoms with E-state index < -0.39 is 0 Å². The van der Waals surface area contributed by atoms with Crippen LogP contribution >= 0.6 is 0 Å². The number of allylic oxidation sites excluding steroid dienone is 5. The molecule has 0 bridgehead atoms. The van der Waals surface area contributed by atoms with Gasteiger partial charge in [-0.1, -0.05) is 47.6 Å². The quantitative estimate of drug-likeness (QED) is 0.381. The molecule has 4 nitrogen and oxygen atoms in total. The lowest BCUT2D eigenvalue weighted by Crippen LogP contribution is -2.20. The van der Waals surface area contributed by atoms with E-state index in [1.807, 2.05) is 12.2 Å². The lowest BCUT2D eigenvalue weighted by Gasteiger charge is -2.03. The molecule has 1 rings (SSSR count). The smallest absolute Gasteiger partial charge is 0.244 e. The van der Waals surface area contributed by atoms with Gasteiger partial charge < -0.3 is 15.2 Å². The Morgan fingerprint density at radius 2 is 1.96 bits per heavy atom. The summed E-state index contributed by atoms with van der Waals surface area (Å²) in [7, 11) is 1.50. The standard InChI is InChI=1S/C22H29NO3/c1-17(2)8-7-9-18(3)14-15-23-22(25)11-6-5-10-19-12-13-20(24)21(16-19)26-4/h5-6,8,10-14,16,24H,7,9,15H2,1-4H3,(H,23,25)/b10-5?,11-6?,18-14+. The van der Waals surface area contributed by atoms with Gasteiger partial charge in [-0.25, -0.2) is 0 Å². The predicted molar refractivity (Wildman–Crippen MR) is 108 cm³/mol. The minimum absolute atomic E-state index is 0.101. The summed E-state index contributed by atoms with van der Waals surface area (Å²) in [5.41, 5.74) is 3.47. The number of benzene rings is 1. The van der Waals surface area contributed by atoms with Crippen molar-refractivity contribution < 1.29 is 14.6 Å². The first kappa shape index (κ1) is 21.3. The maximum Gasteiger partial charge on any atom is 0.244 e. The Labute approximate surface area is 156 Å². The summed E-state index contributed by atoms with van der Waals surface area (Å²) in [6.07, 6.45) is 13.1. The van der Waals surface area contributed by atoms with Gasteiger partial charge in [0.25, 0.3) is 0 Å². The molecule has 0 aromatic heterocycles. The zero-order valence-corrected chi connectivity index (χ0v) is 16.1. The Morgan fingerprint density at radius 1 is 1.19 bits per heavy atom. The molecule has 0 aliphatic rings. The molecule has 2 N–H and O–H groups in total. The molecule has 1 amide bonds. The van der Waals surface area contributed by atoms with Crippen molar-refractivity contribution >= 4 is 12.0 Å². The Morgan fingerprint density at radius 3 is 2.65 bits per heavy atom. The molecule has 4 heteroatoms. The molecule has 140 valence electrons. The fourth-order valence-corrected chi connectivity index (χ4v) is 2.18. The van der Waals surface area contributed by atoms with E-state index in [1.54, 1.807) is 30.4 Å². The lowest BCUT2D eigenvalue weighted by atomic mass is 10.1. The van der Waals surface area contributed by atoms with Gasteiger partial charge in [0.1, 0.15) is 0 Å². The van der Waals surface area contributed by atoms with Crippen molar-refractivity contribution in [1.82, 2.24) is 5.32 Å². The number of hydrogen-bond donors (Lipinski definition) is 2. The third kappa shape index (κ3) is 8.92. The zero-order chi connectivity index (χ0) is 19.4. The van der Waals surface area contributed by atoms with E-state index in [0.29, 0.717) is 12.3 Å². The first-order chi connectivity index (χ1) is 12.4. The molecule has 0 aliphatic carbocycles. The molecule has 0 fully saturated rings. The summed E-state index contributed by atoms with van der Waals surface area (Å²) in [5, 5.41) is 12.4. The molecule has 1 aromatic carbocycles. The topological polar surface area (TPSA) is 58.6 Å². The summed E-state index contributed by atoms with van der Waals surface area (Å²) in [4.78, 5) is 11.8. The Kier molecular flexibility index (Phi) is 9.62. The van der Waals surface area contributed by atoms with Crippen molar-refractivity contribution in [1.29, 1.82) is 0 Å².